The molecule has 0 atom stereocenters. The molecule has 4 nitrogen and oxygen atoms in total. The molecule has 102 valence electrons. The van der Waals surface area contributed by atoms with Crippen LogP contribution in [0.2, 0.25) is 0 Å². The van der Waals surface area contributed by atoms with Gasteiger partial charge in [-0.3, -0.25) is 4.99 Å². The Labute approximate surface area is 114 Å². The molecule has 0 bridgehead atoms. The van der Waals surface area contributed by atoms with E-state index < -0.39 is 0 Å². The van der Waals surface area contributed by atoms with Crippen LogP contribution in [0.25, 0.3) is 0 Å². The maximum Gasteiger partial charge on any atom is 0.188 e. The summed E-state index contributed by atoms with van der Waals surface area (Å²) in [5, 5.41) is 6.44. The number of nitrogens with zero attached hydrogens (tertiary/aromatic N) is 2. The molecule has 1 rings (SSSR count). The van der Waals surface area contributed by atoms with Gasteiger partial charge in [-0.1, -0.05) is 13.8 Å². The van der Waals surface area contributed by atoms with Crippen molar-refractivity contribution in [3.05, 3.63) is 16.1 Å². The summed E-state index contributed by atoms with van der Waals surface area (Å²) >= 11 is 1.72. The van der Waals surface area contributed by atoms with Gasteiger partial charge in [0, 0.05) is 29.8 Å². The summed E-state index contributed by atoms with van der Waals surface area (Å²) in [5.41, 5.74) is 6.86. The zero-order valence-corrected chi connectivity index (χ0v) is 12.8. The van der Waals surface area contributed by atoms with Crippen molar-refractivity contribution in [2.75, 3.05) is 6.54 Å². The number of hydrogen-bond donors (Lipinski definition) is 2. The summed E-state index contributed by atoms with van der Waals surface area (Å²) in [6, 6.07) is 0. The van der Waals surface area contributed by atoms with Crippen molar-refractivity contribution in [2.24, 2.45) is 10.7 Å². The average Bonchev–Trinajstić information content (AvgIpc) is 2.63. The number of hydrogen-bond acceptors (Lipinski definition) is 3. The first kappa shape index (κ1) is 15.0. The summed E-state index contributed by atoms with van der Waals surface area (Å²) in [4.78, 5) is 8.88. The monoisotopic (exact) mass is 268 g/mol. The van der Waals surface area contributed by atoms with E-state index in [0.29, 0.717) is 18.4 Å². The lowest BCUT2D eigenvalue weighted by Crippen LogP contribution is -2.45. The molecule has 0 unspecified atom stereocenters. The van der Waals surface area contributed by atoms with Crippen LogP contribution in [0.5, 0.6) is 0 Å². The molecule has 0 aliphatic heterocycles. The highest BCUT2D eigenvalue weighted by Gasteiger charge is 2.09. The van der Waals surface area contributed by atoms with Crippen molar-refractivity contribution in [3.8, 4) is 0 Å². The number of nitrogens with one attached hydrogen (secondary N) is 1. The van der Waals surface area contributed by atoms with E-state index in [-0.39, 0.29) is 5.54 Å². The fourth-order valence-electron chi connectivity index (χ4n) is 1.42. The van der Waals surface area contributed by atoms with E-state index in [0.717, 1.165) is 12.1 Å². The molecule has 3 N–H and O–H groups in total. The van der Waals surface area contributed by atoms with E-state index >= 15 is 0 Å². The molecule has 0 aliphatic carbocycles. The van der Waals surface area contributed by atoms with Gasteiger partial charge < -0.3 is 11.1 Å². The lowest BCUT2D eigenvalue weighted by Gasteiger charge is -2.20. The Morgan fingerprint density at radius 2 is 2.17 bits per heavy atom. The molecule has 18 heavy (non-hydrogen) atoms. The minimum absolute atomic E-state index is 0.0426. The highest BCUT2D eigenvalue weighted by atomic mass is 32.1. The normalized spacial score (nSPS) is 13.1. The van der Waals surface area contributed by atoms with Gasteiger partial charge in [-0.15, -0.1) is 11.3 Å². The third-order valence-electron chi connectivity index (χ3n) is 2.22. The van der Waals surface area contributed by atoms with Gasteiger partial charge in [-0.05, 0) is 20.8 Å². The molecule has 5 heteroatoms. The molecule has 0 spiro atoms. The van der Waals surface area contributed by atoms with Gasteiger partial charge in [0.1, 0.15) is 0 Å². The Balaban J connectivity index is 2.43. The number of aliphatic imine (C=N–C) groups is 1. The van der Waals surface area contributed by atoms with E-state index in [1.54, 1.807) is 11.3 Å². The van der Waals surface area contributed by atoms with E-state index in [1.165, 1.54) is 5.01 Å². The molecule has 0 fully saturated rings. The van der Waals surface area contributed by atoms with Crippen LogP contribution in [0.4, 0.5) is 0 Å². The number of guanidine groups is 1. The molecule has 0 aromatic carbocycles. The van der Waals surface area contributed by atoms with E-state index in [4.69, 9.17) is 5.73 Å². The van der Waals surface area contributed by atoms with Crippen LogP contribution in [-0.4, -0.2) is 23.0 Å². The molecular weight excluding hydrogens is 244 g/mol. The van der Waals surface area contributed by atoms with Gasteiger partial charge in [0.2, 0.25) is 0 Å². The lowest BCUT2D eigenvalue weighted by molar-refractivity contribution is 0.508. The lowest BCUT2D eigenvalue weighted by atomic mass is 10.1. The summed E-state index contributed by atoms with van der Waals surface area (Å²) < 4.78 is 0. The first-order valence-electron chi connectivity index (χ1n) is 6.30. The molecule has 0 radical (unpaired) electrons. The maximum absolute atomic E-state index is 5.80. The number of rotatable bonds is 4. The molecule has 0 amide bonds. The van der Waals surface area contributed by atoms with Crippen LogP contribution >= 0.6 is 11.3 Å². The summed E-state index contributed by atoms with van der Waals surface area (Å²) in [6.45, 7) is 11.2. The van der Waals surface area contributed by atoms with Crippen LogP contribution < -0.4 is 11.1 Å². The molecule has 1 aromatic heterocycles. The van der Waals surface area contributed by atoms with Gasteiger partial charge >= 0.3 is 0 Å². The van der Waals surface area contributed by atoms with E-state index in [1.807, 2.05) is 0 Å². The van der Waals surface area contributed by atoms with Crippen LogP contribution in [0.15, 0.2) is 10.4 Å². The molecule has 0 saturated carbocycles. The summed E-state index contributed by atoms with van der Waals surface area (Å²) in [7, 11) is 0. The Kier molecular flexibility index (Phi) is 5.14. The quantitative estimate of drug-likeness (QED) is 0.651. The fourth-order valence-corrected chi connectivity index (χ4v) is 2.29. The highest BCUT2D eigenvalue weighted by molar-refractivity contribution is 7.09. The Morgan fingerprint density at radius 3 is 2.67 bits per heavy atom. The highest BCUT2D eigenvalue weighted by Crippen LogP contribution is 2.19. The van der Waals surface area contributed by atoms with Crippen LogP contribution in [0, 0.1) is 0 Å². The third kappa shape index (κ3) is 5.49. The van der Waals surface area contributed by atoms with Gasteiger partial charge in [-0.2, -0.15) is 0 Å². The van der Waals surface area contributed by atoms with Crippen molar-refractivity contribution in [1.29, 1.82) is 0 Å². The topological polar surface area (TPSA) is 63.3 Å². The smallest absolute Gasteiger partial charge is 0.188 e. The molecule has 0 aliphatic rings. The van der Waals surface area contributed by atoms with Crippen LogP contribution in [0.3, 0.4) is 0 Å². The Hall–Kier alpha value is -1.10. The molecule has 1 heterocycles. The van der Waals surface area contributed by atoms with Gasteiger partial charge in [0.25, 0.3) is 0 Å². The summed E-state index contributed by atoms with van der Waals surface area (Å²) in [5.74, 6) is 1.00. The van der Waals surface area contributed by atoms with E-state index in [9.17, 15) is 0 Å². The second-order valence-corrected chi connectivity index (χ2v) is 6.61. The average molecular weight is 268 g/mol. The summed E-state index contributed by atoms with van der Waals surface area (Å²) in [6.07, 6.45) is 0.843. The molecule has 1 aromatic rings. The molecular formula is C13H24N4S. The second kappa shape index (κ2) is 6.18. The number of nitrogens with two attached hydrogens (primary N) is 1. The minimum atomic E-state index is -0.0426. The van der Waals surface area contributed by atoms with Crippen molar-refractivity contribution in [2.45, 2.75) is 52.5 Å². The predicted molar refractivity (Wildman–Crippen MR) is 79.3 cm³/mol. The van der Waals surface area contributed by atoms with Gasteiger partial charge in [0.05, 0.1) is 10.7 Å². The zero-order chi connectivity index (χ0) is 13.8. The van der Waals surface area contributed by atoms with Crippen molar-refractivity contribution < 1.29 is 0 Å². The van der Waals surface area contributed by atoms with Crippen LogP contribution in [-0.2, 0) is 6.42 Å². The first-order valence-corrected chi connectivity index (χ1v) is 7.18. The van der Waals surface area contributed by atoms with Crippen LogP contribution in [0.1, 0.15) is 51.2 Å². The number of thiazole rings is 1. The first-order chi connectivity index (χ1) is 8.28. The van der Waals surface area contributed by atoms with Crippen molar-refractivity contribution >= 4 is 17.3 Å². The van der Waals surface area contributed by atoms with E-state index in [2.05, 4.69) is 55.3 Å². The standard InChI is InChI=1S/C13H24N4S/c1-9(2)11-16-10(8-18-11)6-7-15-12(14)17-13(3,4)5/h8-9H,6-7H2,1-5H3,(H3,14,15,17). The van der Waals surface area contributed by atoms with Gasteiger partial charge in [0.15, 0.2) is 5.96 Å². The number of aromatic nitrogens is 1. The zero-order valence-electron chi connectivity index (χ0n) is 11.9. The van der Waals surface area contributed by atoms with Crippen molar-refractivity contribution in [3.63, 3.8) is 0 Å². The van der Waals surface area contributed by atoms with Crippen molar-refractivity contribution in [1.82, 2.24) is 10.3 Å². The Bertz CT molecular complexity index is 401. The second-order valence-electron chi connectivity index (χ2n) is 5.72. The maximum atomic E-state index is 5.80. The predicted octanol–water partition coefficient (Wildman–Crippen LogP) is 2.51. The Morgan fingerprint density at radius 1 is 1.50 bits per heavy atom. The largest absolute Gasteiger partial charge is 0.370 e. The van der Waals surface area contributed by atoms with Gasteiger partial charge in [-0.25, -0.2) is 4.98 Å². The third-order valence-corrected chi connectivity index (χ3v) is 3.41. The fraction of sp³-hybridized carbons (Fsp3) is 0.692. The minimum Gasteiger partial charge on any atom is -0.370 e. The molecule has 0 saturated heterocycles. The SMILES string of the molecule is CC(C)c1nc(CCN=C(N)NC(C)(C)C)cs1.